The molecule has 0 aliphatic heterocycles. The summed E-state index contributed by atoms with van der Waals surface area (Å²) in [6.07, 6.45) is 10.5. The summed E-state index contributed by atoms with van der Waals surface area (Å²) in [5.41, 5.74) is 2.90. The van der Waals surface area contributed by atoms with E-state index in [4.69, 9.17) is 0 Å². The summed E-state index contributed by atoms with van der Waals surface area (Å²) in [5.74, 6) is 0. The van der Waals surface area contributed by atoms with E-state index in [1.165, 1.54) is 49.8 Å². The van der Waals surface area contributed by atoms with Crippen molar-refractivity contribution in [3.05, 3.63) is 17.5 Å². The average Bonchev–Trinajstić information content (AvgIpc) is 3.05. The van der Waals surface area contributed by atoms with E-state index in [0.29, 0.717) is 12.6 Å². The van der Waals surface area contributed by atoms with E-state index in [2.05, 4.69) is 10.4 Å². The number of hydrogen-bond acceptors (Lipinski definition) is 3. The van der Waals surface area contributed by atoms with Crippen molar-refractivity contribution in [2.45, 2.75) is 51.0 Å². The molecule has 1 fully saturated rings. The summed E-state index contributed by atoms with van der Waals surface area (Å²) in [6, 6.07) is 0.432. The smallest absolute Gasteiger partial charge is 0.0540 e. The van der Waals surface area contributed by atoms with Gasteiger partial charge in [-0.2, -0.15) is 5.10 Å². The summed E-state index contributed by atoms with van der Waals surface area (Å²) in [6.45, 7) is 1.27. The van der Waals surface area contributed by atoms with E-state index in [1.807, 2.05) is 17.9 Å². The molecule has 4 nitrogen and oxygen atoms in total. The summed E-state index contributed by atoms with van der Waals surface area (Å²) >= 11 is 0. The van der Waals surface area contributed by atoms with Crippen LogP contribution < -0.4 is 5.32 Å². The maximum Gasteiger partial charge on any atom is 0.0540 e. The van der Waals surface area contributed by atoms with Crippen molar-refractivity contribution in [1.82, 2.24) is 15.1 Å². The van der Waals surface area contributed by atoms with Gasteiger partial charge in [0.15, 0.2) is 0 Å². The van der Waals surface area contributed by atoms with Gasteiger partial charge in [0.25, 0.3) is 0 Å². The molecular weight excluding hydrogens is 238 g/mol. The van der Waals surface area contributed by atoms with E-state index < -0.39 is 0 Å². The molecule has 2 aliphatic carbocycles. The van der Waals surface area contributed by atoms with Crippen LogP contribution >= 0.6 is 0 Å². The number of nitrogens with zero attached hydrogens (tertiary/aromatic N) is 2. The Morgan fingerprint density at radius 1 is 1.42 bits per heavy atom. The van der Waals surface area contributed by atoms with E-state index in [9.17, 15) is 5.11 Å². The summed E-state index contributed by atoms with van der Waals surface area (Å²) in [5, 5.41) is 17.8. The van der Waals surface area contributed by atoms with E-state index in [0.717, 1.165) is 13.0 Å². The molecule has 1 aromatic rings. The van der Waals surface area contributed by atoms with Crippen LogP contribution in [0.5, 0.6) is 0 Å². The zero-order valence-corrected chi connectivity index (χ0v) is 11.9. The number of rotatable bonds is 4. The fourth-order valence-electron chi connectivity index (χ4n) is 3.77. The third-order valence-corrected chi connectivity index (χ3v) is 5.10. The molecule has 0 amide bonds. The maximum absolute atomic E-state index is 9.69. The molecule has 2 N–H and O–H groups in total. The number of aliphatic hydroxyl groups is 1. The second kappa shape index (κ2) is 5.25. The lowest BCUT2D eigenvalue weighted by molar-refractivity contribution is 0.123. The molecule has 0 radical (unpaired) electrons. The second-order valence-corrected chi connectivity index (χ2v) is 6.36. The van der Waals surface area contributed by atoms with Gasteiger partial charge in [-0.1, -0.05) is 12.8 Å². The monoisotopic (exact) mass is 263 g/mol. The number of fused-ring (bicyclic) bond motifs is 1. The van der Waals surface area contributed by atoms with E-state index in [1.54, 1.807) is 0 Å². The predicted molar refractivity (Wildman–Crippen MR) is 74.9 cm³/mol. The number of aryl methyl sites for hydroxylation is 1. The zero-order chi connectivity index (χ0) is 13.3. The highest BCUT2D eigenvalue weighted by molar-refractivity contribution is 5.24. The lowest BCUT2D eigenvalue weighted by Gasteiger charge is -2.31. The second-order valence-electron chi connectivity index (χ2n) is 6.36. The van der Waals surface area contributed by atoms with Crippen molar-refractivity contribution < 1.29 is 5.11 Å². The SMILES string of the molecule is Cn1ncc2c1CCCC2NCC1(CO)CCCC1. The van der Waals surface area contributed by atoms with E-state index in [-0.39, 0.29) is 5.41 Å². The minimum atomic E-state index is 0.139. The first-order valence-corrected chi connectivity index (χ1v) is 7.59. The summed E-state index contributed by atoms with van der Waals surface area (Å²) < 4.78 is 2.01. The Labute approximate surface area is 115 Å². The fourth-order valence-corrected chi connectivity index (χ4v) is 3.77. The Morgan fingerprint density at radius 3 is 2.95 bits per heavy atom. The molecule has 3 rings (SSSR count). The lowest BCUT2D eigenvalue weighted by atomic mass is 9.85. The van der Waals surface area contributed by atoms with Gasteiger partial charge in [-0.05, 0) is 32.1 Å². The van der Waals surface area contributed by atoms with Crippen LogP contribution in [0.25, 0.3) is 0 Å². The van der Waals surface area contributed by atoms with Crippen molar-refractivity contribution in [2.75, 3.05) is 13.2 Å². The molecule has 19 heavy (non-hydrogen) atoms. The topological polar surface area (TPSA) is 50.1 Å². The minimum Gasteiger partial charge on any atom is -0.396 e. The third-order valence-electron chi connectivity index (χ3n) is 5.10. The Kier molecular flexibility index (Phi) is 3.63. The normalized spacial score (nSPS) is 25.5. The maximum atomic E-state index is 9.69. The highest BCUT2D eigenvalue weighted by Crippen LogP contribution is 2.38. The van der Waals surface area contributed by atoms with Crippen LogP contribution in [0, 0.1) is 5.41 Å². The molecule has 2 aliphatic rings. The van der Waals surface area contributed by atoms with Crippen LogP contribution in [0.1, 0.15) is 55.8 Å². The predicted octanol–water partition coefficient (Wildman–Crippen LogP) is 1.94. The number of aliphatic hydroxyl groups excluding tert-OH is 1. The van der Waals surface area contributed by atoms with Gasteiger partial charge in [-0.15, -0.1) is 0 Å². The fraction of sp³-hybridized carbons (Fsp3) is 0.800. The largest absolute Gasteiger partial charge is 0.396 e. The van der Waals surface area contributed by atoms with Crippen LogP contribution in [0.4, 0.5) is 0 Å². The van der Waals surface area contributed by atoms with Gasteiger partial charge in [-0.3, -0.25) is 4.68 Å². The van der Waals surface area contributed by atoms with Crippen LogP contribution in [0.15, 0.2) is 6.20 Å². The van der Waals surface area contributed by atoms with Crippen LogP contribution in [-0.4, -0.2) is 28.0 Å². The molecule has 0 bridgehead atoms. The third kappa shape index (κ3) is 2.43. The van der Waals surface area contributed by atoms with Gasteiger partial charge >= 0.3 is 0 Å². The molecule has 0 spiro atoms. The van der Waals surface area contributed by atoms with Gasteiger partial charge in [-0.25, -0.2) is 0 Å². The quantitative estimate of drug-likeness (QED) is 0.873. The van der Waals surface area contributed by atoms with Crippen molar-refractivity contribution in [3.8, 4) is 0 Å². The summed E-state index contributed by atoms with van der Waals surface area (Å²) in [4.78, 5) is 0. The lowest BCUT2D eigenvalue weighted by Crippen LogP contribution is -2.38. The molecule has 0 saturated heterocycles. The van der Waals surface area contributed by atoms with Crippen molar-refractivity contribution in [2.24, 2.45) is 12.5 Å². The highest BCUT2D eigenvalue weighted by atomic mass is 16.3. The molecule has 4 heteroatoms. The number of aromatic nitrogens is 2. The number of nitrogens with one attached hydrogen (secondary N) is 1. The summed E-state index contributed by atoms with van der Waals surface area (Å²) in [7, 11) is 2.04. The van der Waals surface area contributed by atoms with Gasteiger partial charge in [0, 0.05) is 42.9 Å². The van der Waals surface area contributed by atoms with Gasteiger partial charge in [0.1, 0.15) is 0 Å². The molecule has 1 unspecified atom stereocenters. The van der Waals surface area contributed by atoms with Gasteiger partial charge in [0.2, 0.25) is 0 Å². The molecule has 1 saturated carbocycles. The van der Waals surface area contributed by atoms with Gasteiger partial charge < -0.3 is 10.4 Å². The first kappa shape index (κ1) is 13.1. The highest BCUT2D eigenvalue weighted by Gasteiger charge is 2.34. The Bertz CT molecular complexity index is 435. The molecule has 1 aromatic heterocycles. The minimum absolute atomic E-state index is 0.139. The van der Waals surface area contributed by atoms with Crippen LogP contribution in [0.3, 0.4) is 0 Å². The van der Waals surface area contributed by atoms with Crippen molar-refractivity contribution in [3.63, 3.8) is 0 Å². The zero-order valence-electron chi connectivity index (χ0n) is 11.9. The molecule has 1 atom stereocenters. The van der Waals surface area contributed by atoms with E-state index >= 15 is 0 Å². The molecular formula is C15H25N3O. The first-order chi connectivity index (χ1) is 9.24. The molecule has 0 aromatic carbocycles. The van der Waals surface area contributed by atoms with Crippen LogP contribution in [-0.2, 0) is 13.5 Å². The standard InChI is InChI=1S/C15H25N3O/c1-18-14-6-4-5-13(12(14)9-17-18)16-10-15(11-19)7-2-3-8-15/h9,13,16,19H,2-8,10-11H2,1H3. The Hall–Kier alpha value is -0.870. The number of hydrogen-bond donors (Lipinski definition) is 2. The average molecular weight is 263 g/mol. The molecule has 1 heterocycles. The van der Waals surface area contributed by atoms with Crippen molar-refractivity contribution in [1.29, 1.82) is 0 Å². The van der Waals surface area contributed by atoms with Crippen molar-refractivity contribution >= 4 is 0 Å². The molecule has 106 valence electrons. The Balaban J connectivity index is 1.68. The van der Waals surface area contributed by atoms with Crippen LogP contribution in [0.2, 0.25) is 0 Å². The first-order valence-electron chi connectivity index (χ1n) is 7.59. The Morgan fingerprint density at radius 2 is 2.21 bits per heavy atom. The van der Waals surface area contributed by atoms with Gasteiger partial charge in [0.05, 0.1) is 6.20 Å².